The largest absolute Gasteiger partial charge is 0.354 e. The summed E-state index contributed by atoms with van der Waals surface area (Å²) in [5.74, 6) is -0.267. The molecular formula is C28H31ClN2O2. The van der Waals surface area contributed by atoms with Crippen molar-refractivity contribution in [2.45, 2.75) is 45.2 Å². The first kappa shape index (κ1) is 24.5. The number of hydrogen-bond donors (Lipinski definition) is 1. The molecule has 0 radical (unpaired) electrons. The molecule has 3 rings (SSSR count). The number of carbonyl (C=O) groups excluding carboxylic acids is 2. The highest BCUT2D eigenvalue weighted by atomic mass is 35.5. The Morgan fingerprint density at radius 3 is 2.12 bits per heavy atom. The second kappa shape index (κ2) is 12.8. The molecule has 4 nitrogen and oxygen atoms in total. The lowest BCUT2D eigenvalue weighted by Gasteiger charge is -2.32. The first-order chi connectivity index (χ1) is 16.1. The maximum absolute atomic E-state index is 13.6. The van der Waals surface area contributed by atoms with Gasteiger partial charge in [0.2, 0.25) is 11.8 Å². The summed E-state index contributed by atoms with van der Waals surface area (Å²) >= 11 is 6.01. The lowest BCUT2D eigenvalue weighted by atomic mass is 10.0. The van der Waals surface area contributed by atoms with Crippen molar-refractivity contribution in [3.05, 3.63) is 107 Å². The maximum atomic E-state index is 13.6. The average molecular weight is 463 g/mol. The van der Waals surface area contributed by atoms with Gasteiger partial charge >= 0.3 is 0 Å². The molecule has 1 N–H and O–H groups in total. The van der Waals surface area contributed by atoms with Crippen molar-refractivity contribution in [2.75, 3.05) is 6.54 Å². The maximum Gasteiger partial charge on any atom is 0.247 e. The third-order valence-electron chi connectivity index (χ3n) is 5.54. The third-order valence-corrected chi connectivity index (χ3v) is 5.79. The van der Waals surface area contributed by atoms with Crippen LogP contribution in [0.15, 0.2) is 84.9 Å². The van der Waals surface area contributed by atoms with Gasteiger partial charge in [-0.3, -0.25) is 9.59 Å². The van der Waals surface area contributed by atoms with E-state index in [0.717, 1.165) is 36.0 Å². The van der Waals surface area contributed by atoms with Crippen LogP contribution < -0.4 is 5.32 Å². The summed E-state index contributed by atoms with van der Waals surface area (Å²) in [5.41, 5.74) is 2.63. The molecular weight excluding hydrogens is 432 g/mol. The van der Waals surface area contributed by atoms with E-state index < -0.39 is 6.04 Å². The Bertz CT molecular complexity index is 1010. The molecule has 0 heterocycles. The Morgan fingerprint density at radius 1 is 0.848 bits per heavy atom. The van der Waals surface area contributed by atoms with Crippen molar-refractivity contribution in [3.8, 4) is 0 Å². The second-order valence-corrected chi connectivity index (χ2v) is 8.56. The second-order valence-electron chi connectivity index (χ2n) is 8.12. The van der Waals surface area contributed by atoms with E-state index in [4.69, 9.17) is 11.6 Å². The fourth-order valence-electron chi connectivity index (χ4n) is 3.77. The molecule has 2 amide bonds. The Labute approximate surface area is 201 Å². The van der Waals surface area contributed by atoms with Crippen LogP contribution in [-0.2, 0) is 22.6 Å². The fourth-order valence-corrected chi connectivity index (χ4v) is 3.90. The molecule has 3 aromatic rings. The standard InChI is InChI=1S/C28H31ClN2O2/c1-2-3-10-19-30-28(33)27(24-13-8-5-9-14-24)31(21-23-11-6-4-7-12-23)26(32)20-22-15-17-25(29)18-16-22/h4-9,11-18,27H,2-3,10,19-21H2,1H3,(H,30,33)/t27-/m1/s1. The van der Waals surface area contributed by atoms with E-state index in [1.54, 1.807) is 17.0 Å². The van der Waals surface area contributed by atoms with E-state index in [1.807, 2.05) is 72.8 Å². The van der Waals surface area contributed by atoms with Gasteiger partial charge in [0.25, 0.3) is 0 Å². The summed E-state index contributed by atoms with van der Waals surface area (Å²) in [7, 11) is 0. The number of unbranched alkanes of at least 4 members (excludes halogenated alkanes) is 2. The minimum absolute atomic E-state index is 0.112. The smallest absolute Gasteiger partial charge is 0.247 e. The lowest BCUT2D eigenvalue weighted by molar-refractivity contribution is -0.141. The summed E-state index contributed by atoms with van der Waals surface area (Å²) in [6.07, 6.45) is 3.24. The zero-order valence-corrected chi connectivity index (χ0v) is 19.8. The number of carbonyl (C=O) groups is 2. The Hall–Kier alpha value is -3.11. The number of halogens is 1. The molecule has 0 unspecified atom stereocenters. The van der Waals surface area contributed by atoms with Crippen LogP contribution in [0.3, 0.4) is 0 Å². The molecule has 0 spiro atoms. The number of nitrogens with one attached hydrogen (secondary N) is 1. The summed E-state index contributed by atoms with van der Waals surface area (Å²) in [6, 6.07) is 25.9. The first-order valence-electron chi connectivity index (χ1n) is 11.5. The number of rotatable bonds is 11. The van der Waals surface area contributed by atoms with Crippen molar-refractivity contribution in [3.63, 3.8) is 0 Å². The molecule has 0 saturated heterocycles. The average Bonchev–Trinajstić information content (AvgIpc) is 2.84. The van der Waals surface area contributed by atoms with Gasteiger partial charge in [-0.2, -0.15) is 0 Å². The van der Waals surface area contributed by atoms with E-state index in [2.05, 4.69) is 12.2 Å². The Kier molecular flexibility index (Phi) is 9.52. The van der Waals surface area contributed by atoms with E-state index in [-0.39, 0.29) is 18.2 Å². The predicted molar refractivity (Wildman–Crippen MR) is 134 cm³/mol. The molecule has 0 aromatic heterocycles. The summed E-state index contributed by atoms with van der Waals surface area (Å²) in [6.45, 7) is 3.07. The monoisotopic (exact) mass is 462 g/mol. The van der Waals surface area contributed by atoms with Gasteiger partial charge in [-0.1, -0.05) is 104 Å². The normalized spacial score (nSPS) is 11.6. The minimum atomic E-state index is -0.715. The first-order valence-corrected chi connectivity index (χ1v) is 11.9. The van der Waals surface area contributed by atoms with E-state index >= 15 is 0 Å². The summed E-state index contributed by atoms with van der Waals surface area (Å²) in [4.78, 5) is 28.7. The fraction of sp³-hybridized carbons (Fsp3) is 0.286. The number of nitrogens with zero attached hydrogens (tertiary/aromatic N) is 1. The lowest BCUT2D eigenvalue weighted by Crippen LogP contribution is -2.44. The highest BCUT2D eigenvalue weighted by Crippen LogP contribution is 2.25. The topological polar surface area (TPSA) is 49.4 Å². The quantitative estimate of drug-likeness (QED) is 0.357. The molecule has 0 bridgehead atoms. The van der Waals surface area contributed by atoms with Crippen LogP contribution in [0.25, 0.3) is 0 Å². The van der Waals surface area contributed by atoms with Gasteiger partial charge < -0.3 is 10.2 Å². The van der Waals surface area contributed by atoms with Gasteiger partial charge in [-0.05, 0) is 35.2 Å². The van der Waals surface area contributed by atoms with Crippen LogP contribution in [0.5, 0.6) is 0 Å². The van der Waals surface area contributed by atoms with E-state index in [1.165, 1.54) is 0 Å². The highest BCUT2D eigenvalue weighted by molar-refractivity contribution is 6.30. The van der Waals surface area contributed by atoms with E-state index in [9.17, 15) is 9.59 Å². The summed E-state index contributed by atoms with van der Waals surface area (Å²) < 4.78 is 0. The predicted octanol–water partition coefficient (Wildman–Crippen LogP) is 5.96. The minimum Gasteiger partial charge on any atom is -0.354 e. The highest BCUT2D eigenvalue weighted by Gasteiger charge is 2.31. The van der Waals surface area contributed by atoms with Gasteiger partial charge in [0.1, 0.15) is 6.04 Å². The molecule has 5 heteroatoms. The van der Waals surface area contributed by atoms with Gasteiger partial charge in [-0.25, -0.2) is 0 Å². The van der Waals surface area contributed by atoms with Gasteiger partial charge in [0, 0.05) is 18.1 Å². The van der Waals surface area contributed by atoms with Crippen LogP contribution in [0.2, 0.25) is 5.02 Å². The molecule has 0 aliphatic carbocycles. The molecule has 172 valence electrons. The van der Waals surface area contributed by atoms with Crippen molar-refractivity contribution in [1.82, 2.24) is 10.2 Å². The van der Waals surface area contributed by atoms with Gasteiger partial charge in [0.05, 0.1) is 6.42 Å². The van der Waals surface area contributed by atoms with Crippen LogP contribution in [0, 0.1) is 0 Å². The van der Waals surface area contributed by atoms with Crippen LogP contribution >= 0.6 is 11.6 Å². The molecule has 0 aliphatic rings. The zero-order chi connectivity index (χ0) is 23.5. The van der Waals surface area contributed by atoms with Crippen molar-refractivity contribution in [2.24, 2.45) is 0 Å². The van der Waals surface area contributed by atoms with Crippen LogP contribution in [-0.4, -0.2) is 23.3 Å². The van der Waals surface area contributed by atoms with Gasteiger partial charge in [0.15, 0.2) is 0 Å². The van der Waals surface area contributed by atoms with Crippen molar-refractivity contribution >= 4 is 23.4 Å². The Balaban J connectivity index is 1.92. The molecule has 1 atom stereocenters. The third kappa shape index (κ3) is 7.47. The van der Waals surface area contributed by atoms with Crippen LogP contribution in [0.4, 0.5) is 0 Å². The zero-order valence-electron chi connectivity index (χ0n) is 19.0. The van der Waals surface area contributed by atoms with Crippen molar-refractivity contribution < 1.29 is 9.59 Å². The molecule has 0 saturated carbocycles. The van der Waals surface area contributed by atoms with E-state index in [0.29, 0.717) is 18.1 Å². The number of amides is 2. The number of benzene rings is 3. The number of hydrogen-bond acceptors (Lipinski definition) is 2. The SMILES string of the molecule is CCCCCNC(=O)[C@@H](c1ccccc1)N(Cc1ccccc1)C(=O)Cc1ccc(Cl)cc1. The molecule has 0 aliphatic heterocycles. The van der Waals surface area contributed by atoms with Gasteiger partial charge in [-0.15, -0.1) is 0 Å². The van der Waals surface area contributed by atoms with Crippen molar-refractivity contribution in [1.29, 1.82) is 0 Å². The molecule has 33 heavy (non-hydrogen) atoms. The molecule has 0 fully saturated rings. The molecule has 3 aromatic carbocycles. The summed E-state index contributed by atoms with van der Waals surface area (Å²) in [5, 5.41) is 3.68. The Morgan fingerprint density at radius 2 is 1.48 bits per heavy atom. The van der Waals surface area contributed by atoms with Crippen LogP contribution in [0.1, 0.15) is 48.9 Å².